The fourth-order valence-electron chi connectivity index (χ4n) is 3.72. The normalized spacial score (nSPS) is 16.5. The van der Waals surface area contributed by atoms with Crippen LogP contribution < -0.4 is 5.32 Å². The summed E-state index contributed by atoms with van der Waals surface area (Å²) in [6, 6.07) is 10.6. The van der Waals surface area contributed by atoms with Gasteiger partial charge in [-0.05, 0) is 73.7 Å². The summed E-state index contributed by atoms with van der Waals surface area (Å²) in [6.45, 7) is 2.12. The van der Waals surface area contributed by atoms with Gasteiger partial charge in [-0.3, -0.25) is 14.1 Å². The Morgan fingerprint density at radius 2 is 1.58 bits per heavy atom. The highest BCUT2D eigenvalue weighted by Crippen LogP contribution is 2.37. The van der Waals surface area contributed by atoms with Crippen LogP contribution >= 0.6 is 11.6 Å². The molecule has 3 N–H and O–H groups in total. The Balaban J connectivity index is 0.000000259. The second-order valence-electron chi connectivity index (χ2n) is 6.96. The van der Waals surface area contributed by atoms with E-state index in [1.807, 2.05) is 18.3 Å². The molecule has 0 spiro atoms. The highest BCUT2D eigenvalue weighted by atomic mass is 35.5. The van der Waals surface area contributed by atoms with E-state index in [1.165, 1.54) is 33.5 Å². The molecule has 1 aromatic carbocycles. The topological polar surface area (TPSA) is 143 Å². The molecular weight excluding hydrogens is 468 g/mol. The summed E-state index contributed by atoms with van der Waals surface area (Å²) < 4.78 is 55.6. The number of nitrogens with one attached hydrogen (secondary N) is 1. The first-order valence-electron chi connectivity index (χ1n) is 9.35. The van der Waals surface area contributed by atoms with Crippen molar-refractivity contribution in [2.45, 2.75) is 25.7 Å². The number of aryl methyl sites for hydroxylation is 2. The lowest BCUT2D eigenvalue weighted by Crippen LogP contribution is -2.24. The maximum absolute atomic E-state index is 9.44. The molecule has 0 amide bonds. The summed E-state index contributed by atoms with van der Waals surface area (Å²) in [4.78, 5) is 4.75. The van der Waals surface area contributed by atoms with Gasteiger partial charge in [0.25, 0.3) is 0 Å². The molecule has 1 fully saturated rings. The number of benzene rings is 1. The molecule has 1 aromatic heterocycles. The van der Waals surface area contributed by atoms with Crippen LogP contribution in [0.1, 0.15) is 35.2 Å². The fraction of sp³-hybridized carbons (Fsp3) is 0.316. The van der Waals surface area contributed by atoms with Gasteiger partial charge in [-0.25, -0.2) is 0 Å². The van der Waals surface area contributed by atoms with E-state index in [0.29, 0.717) is 0 Å². The van der Waals surface area contributed by atoms with Crippen LogP contribution in [0.5, 0.6) is 0 Å². The number of aromatic nitrogens is 1. The molecule has 2 aromatic rings. The van der Waals surface area contributed by atoms with Crippen molar-refractivity contribution in [1.82, 2.24) is 10.3 Å². The molecular formula is C19H21ClN2O7S2. The third-order valence-electron chi connectivity index (χ3n) is 4.86. The van der Waals surface area contributed by atoms with Crippen LogP contribution in [0.2, 0.25) is 5.02 Å². The highest BCUT2D eigenvalue weighted by Gasteiger charge is 2.23. The molecule has 12 heteroatoms. The fourth-order valence-corrected chi connectivity index (χ4v) is 4.78. The van der Waals surface area contributed by atoms with E-state index in [9.17, 15) is 16.8 Å². The van der Waals surface area contributed by atoms with Gasteiger partial charge in [-0.1, -0.05) is 29.3 Å². The zero-order valence-corrected chi connectivity index (χ0v) is 18.7. The first kappa shape index (κ1) is 23.8. The monoisotopic (exact) mass is 488 g/mol. The van der Waals surface area contributed by atoms with Gasteiger partial charge in [0, 0.05) is 16.8 Å². The van der Waals surface area contributed by atoms with Gasteiger partial charge in [0.1, 0.15) is 0 Å². The van der Waals surface area contributed by atoms with Gasteiger partial charge in [0.15, 0.2) is 0 Å². The van der Waals surface area contributed by atoms with Crippen LogP contribution in [0.4, 0.5) is 0 Å². The number of nitrogens with zero attached hydrogens (tertiary/aromatic N) is 1. The lowest BCUT2D eigenvalue weighted by atomic mass is 9.89. The predicted molar refractivity (Wildman–Crippen MR) is 115 cm³/mol. The minimum Gasteiger partial charge on any atom is -0.316 e. The van der Waals surface area contributed by atoms with E-state index in [1.54, 1.807) is 0 Å². The van der Waals surface area contributed by atoms with Crippen LogP contribution in [0.25, 0.3) is 5.57 Å². The van der Waals surface area contributed by atoms with E-state index in [-0.39, 0.29) is 0 Å². The molecule has 0 saturated carbocycles. The number of fused-ring (bicyclic) bond motifs is 2. The van der Waals surface area contributed by atoms with Crippen molar-refractivity contribution >= 4 is 38.0 Å². The number of halogens is 1. The smallest absolute Gasteiger partial charge is 0.316 e. The Morgan fingerprint density at radius 1 is 0.935 bits per heavy atom. The van der Waals surface area contributed by atoms with Crippen molar-refractivity contribution in [1.29, 1.82) is 0 Å². The molecule has 0 atom stereocenters. The van der Waals surface area contributed by atoms with Gasteiger partial charge in [0.2, 0.25) is 0 Å². The first-order chi connectivity index (χ1) is 14.5. The minimum atomic E-state index is -5.12. The van der Waals surface area contributed by atoms with E-state index >= 15 is 0 Å². The number of piperidine rings is 1. The molecule has 31 heavy (non-hydrogen) atoms. The molecule has 0 bridgehead atoms. The van der Waals surface area contributed by atoms with Gasteiger partial charge in [0.05, 0.1) is 5.69 Å². The second-order valence-corrected chi connectivity index (χ2v) is 9.66. The Hall–Kier alpha value is -1.86. The summed E-state index contributed by atoms with van der Waals surface area (Å²) in [5.41, 5.74) is 8.12. The van der Waals surface area contributed by atoms with E-state index in [2.05, 4.69) is 27.1 Å². The van der Waals surface area contributed by atoms with Crippen molar-refractivity contribution in [3.8, 4) is 0 Å². The average molecular weight is 489 g/mol. The lowest BCUT2D eigenvalue weighted by Gasteiger charge is -2.21. The molecule has 4 rings (SSSR count). The summed E-state index contributed by atoms with van der Waals surface area (Å²) in [6.07, 6.45) is 6.19. The number of pyridine rings is 1. The Bertz CT molecular complexity index is 1170. The SMILES string of the molecule is Clc1ccc2c(c1)CCc1cccnc1C2=C1CCNCC1.O=S(=O)(O)OS(=O)(=O)O. The number of rotatable bonds is 2. The summed E-state index contributed by atoms with van der Waals surface area (Å²) in [5.74, 6) is 0. The van der Waals surface area contributed by atoms with Crippen molar-refractivity contribution in [3.05, 3.63) is 69.5 Å². The zero-order valence-electron chi connectivity index (χ0n) is 16.3. The number of hydrogen-bond acceptors (Lipinski definition) is 7. The Kier molecular flexibility index (Phi) is 7.47. The van der Waals surface area contributed by atoms with E-state index in [4.69, 9.17) is 25.7 Å². The van der Waals surface area contributed by atoms with Crippen molar-refractivity contribution in [2.24, 2.45) is 0 Å². The average Bonchev–Trinajstić information content (AvgIpc) is 2.83. The molecule has 0 unspecified atom stereocenters. The summed E-state index contributed by atoms with van der Waals surface area (Å²) in [7, 11) is -10.2. The van der Waals surface area contributed by atoms with E-state index < -0.39 is 20.8 Å². The van der Waals surface area contributed by atoms with Gasteiger partial charge in [-0.15, -0.1) is 3.63 Å². The molecule has 1 aliphatic heterocycles. The van der Waals surface area contributed by atoms with Crippen LogP contribution in [0, 0.1) is 0 Å². The quantitative estimate of drug-likeness (QED) is 0.543. The summed E-state index contributed by atoms with van der Waals surface area (Å²) >= 11 is 6.23. The van der Waals surface area contributed by atoms with Crippen LogP contribution in [0.15, 0.2) is 42.1 Å². The van der Waals surface area contributed by atoms with Gasteiger partial charge in [-0.2, -0.15) is 16.8 Å². The number of hydrogen-bond donors (Lipinski definition) is 3. The first-order valence-corrected chi connectivity index (χ1v) is 12.5. The second kappa shape index (κ2) is 9.74. The molecule has 2 heterocycles. The predicted octanol–water partition coefficient (Wildman–Crippen LogP) is 2.63. The molecule has 2 aliphatic rings. The van der Waals surface area contributed by atoms with Crippen molar-refractivity contribution in [2.75, 3.05) is 13.1 Å². The Morgan fingerprint density at radius 3 is 2.19 bits per heavy atom. The summed E-state index contributed by atoms with van der Waals surface area (Å²) in [5, 5.41) is 4.28. The third kappa shape index (κ3) is 6.81. The maximum Gasteiger partial charge on any atom is 0.413 e. The minimum absolute atomic E-state index is 0.826. The zero-order chi connectivity index (χ0) is 22.6. The molecule has 168 valence electrons. The van der Waals surface area contributed by atoms with Crippen LogP contribution in [-0.4, -0.2) is 44.0 Å². The molecule has 9 nitrogen and oxygen atoms in total. The largest absolute Gasteiger partial charge is 0.413 e. The van der Waals surface area contributed by atoms with Crippen molar-refractivity contribution in [3.63, 3.8) is 0 Å². The Labute approximate surface area is 186 Å². The van der Waals surface area contributed by atoms with Gasteiger partial charge >= 0.3 is 20.8 Å². The standard InChI is InChI=1S/C19H19ClN2.H2O7S2/c20-16-5-6-17-15(12-16)4-3-14-2-1-9-22-19(14)18(17)13-7-10-21-11-8-13;1-8(2,3)7-9(4,5)6/h1-2,5-6,9,12,21H,3-4,7-8,10-11H2;(H,1,2,3)(H,4,5,6). The molecule has 0 radical (unpaired) electrons. The van der Waals surface area contributed by atoms with Crippen molar-refractivity contribution < 1.29 is 29.6 Å². The molecule has 1 aliphatic carbocycles. The molecule has 1 saturated heterocycles. The van der Waals surface area contributed by atoms with Crippen LogP contribution in [-0.2, 0) is 37.3 Å². The highest BCUT2D eigenvalue weighted by molar-refractivity contribution is 7.94. The maximum atomic E-state index is 9.44. The van der Waals surface area contributed by atoms with Crippen LogP contribution in [0.3, 0.4) is 0 Å². The van der Waals surface area contributed by atoms with E-state index in [0.717, 1.165) is 43.8 Å². The van der Waals surface area contributed by atoms with Gasteiger partial charge < -0.3 is 5.32 Å². The third-order valence-corrected chi connectivity index (χ3v) is 6.47. The lowest BCUT2D eigenvalue weighted by molar-refractivity contribution is 0.344.